The molecule has 0 aromatic heterocycles. The van der Waals surface area contributed by atoms with E-state index in [0.29, 0.717) is 11.8 Å². The highest BCUT2D eigenvalue weighted by molar-refractivity contribution is 5.95. The van der Waals surface area contributed by atoms with Crippen LogP contribution in [0.5, 0.6) is 0 Å². The maximum atomic E-state index is 12.7. The van der Waals surface area contributed by atoms with Crippen molar-refractivity contribution in [2.24, 2.45) is 17.8 Å². The first-order valence-corrected chi connectivity index (χ1v) is 7.60. The van der Waals surface area contributed by atoms with E-state index in [2.05, 4.69) is 17.5 Å². The zero-order chi connectivity index (χ0) is 15.7. The summed E-state index contributed by atoms with van der Waals surface area (Å²) in [7, 11) is 0. The van der Waals surface area contributed by atoms with Gasteiger partial charge in [0.05, 0.1) is 5.56 Å². The van der Waals surface area contributed by atoms with E-state index in [-0.39, 0.29) is 17.5 Å². The first-order valence-electron chi connectivity index (χ1n) is 7.60. The van der Waals surface area contributed by atoms with Crippen molar-refractivity contribution >= 4 is 11.6 Å². The summed E-state index contributed by atoms with van der Waals surface area (Å²) in [6.45, 7) is 0. The Morgan fingerprint density at radius 3 is 2.32 bits per heavy atom. The molecule has 3 rings (SSSR count). The molecule has 0 aliphatic heterocycles. The highest BCUT2D eigenvalue weighted by Gasteiger charge is 2.53. The summed E-state index contributed by atoms with van der Waals surface area (Å²) in [6.07, 6.45) is 3.84. The van der Waals surface area contributed by atoms with Crippen LogP contribution < -0.4 is 5.32 Å². The summed E-state index contributed by atoms with van der Waals surface area (Å²) >= 11 is 0. The number of carbonyl (C=O) groups is 1. The van der Waals surface area contributed by atoms with Gasteiger partial charge in [0.2, 0.25) is 5.91 Å². The van der Waals surface area contributed by atoms with Crippen LogP contribution in [0.3, 0.4) is 0 Å². The molecule has 1 aromatic carbocycles. The molecule has 0 radical (unpaired) electrons. The van der Waals surface area contributed by atoms with Gasteiger partial charge in [-0.3, -0.25) is 4.79 Å². The quantitative estimate of drug-likeness (QED) is 0.793. The number of fused-ring (bicyclic) bond motifs is 1. The second-order valence-corrected chi connectivity index (χ2v) is 6.05. The Balaban J connectivity index is 1.66. The maximum Gasteiger partial charge on any atom is 0.416 e. The fourth-order valence-electron chi connectivity index (χ4n) is 3.43. The molecule has 0 saturated heterocycles. The Hall–Kier alpha value is -1.78. The van der Waals surface area contributed by atoms with E-state index >= 15 is 0 Å². The van der Waals surface area contributed by atoms with Crippen molar-refractivity contribution in [3.05, 3.63) is 42.0 Å². The molecule has 2 aliphatic carbocycles. The van der Waals surface area contributed by atoms with Crippen molar-refractivity contribution in [3.8, 4) is 0 Å². The third-order valence-electron chi connectivity index (χ3n) is 4.59. The van der Waals surface area contributed by atoms with Crippen molar-refractivity contribution < 1.29 is 18.0 Å². The number of anilines is 1. The number of rotatable bonds is 2. The minimum absolute atomic E-state index is 0.0468. The van der Waals surface area contributed by atoms with Gasteiger partial charge >= 0.3 is 6.18 Å². The van der Waals surface area contributed by atoms with Gasteiger partial charge in [0, 0.05) is 11.6 Å². The topological polar surface area (TPSA) is 29.1 Å². The molecule has 1 saturated carbocycles. The molecular weight excluding hydrogens is 291 g/mol. The Morgan fingerprint density at radius 1 is 1.09 bits per heavy atom. The monoisotopic (exact) mass is 309 g/mol. The largest absolute Gasteiger partial charge is 0.416 e. The van der Waals surface area contributed by atoms with Crippen molar-refractivity contribution in [1.29, 1.82) is 0 Å². The van der Waals surface area contributed by atoms with Gasteiger partial charge < -0.3 is 5.32 Å². The molecule has 0 heterocycles. The first-order chi connectivity index (χ1) is 10.5. The molecule has 2 aliphatic rings. The highest BCUT2D eigenvalue weighted by atomic mass is 19.4. The van der Waals surface area contributed by atoms with Crippen LogP contribution >= 0.6 is 0 Å². The lowest BCUT2D eigenvalue weighted by atomic mass is 10.1. The molecule has 5 heteroatoms. The summed E-state index contributed by atoms with van der Waals surface area (Å²) in [5.41, 5.74) is -0.520. The summed E-state index contributed by atoms with van der Waals surface area (Å²) in [4.78, 5) is 12.3. The van der Waals surface area contributed by atoms with E-state index < -0.39 is 11.7 Å². The van der Waals surface area contributed by atoms with Gasteiger partial charge in [-0.15, -0.1) is 0 Å². The van der Waals surface area contributed by atoms with Crippen molar-refractivity contribution in [2.45, 2.75) is 31.9 Å². The minimum Gasteiger partial charge on any atom is -0.326 e. The second kappa shape index (κ2) is 5.78. The lowest BCUT2D eigenvalue weighted by Crippen LogP contribution is -2.16. The van der Waals surface area contributed by atoms with E-state index in [1.807, 2.05) is 0 Å². The standard InChI is InChI=1S/C17H18F3NO/c18-17(19,20)11-6-5-7-12(10-11)21-16(22)15-13-8-3-1-2-4-9-14(13)15/h1-2,5-7,10,13-15H,3-4,8-9H2,(H,21,22). The lowest BCUT2D eigenvalue weighted by molar-refractivity contribution is -0.137. The normalized spacial score (nSPS) is 27.5. The van der Waals surface area contributed by atoms with Gasteiger partial charge in [-0.25, -0.2) is 0 Å². The van der Waals surface area contributed by atoms with Crippen LogP contribution in [-0.4, -0.2) is 5.91 Å². The third-order valence-corrected chi connectivity index (χ3v) is 4.59. The Kier molecular flexibility index (Phi) is 3.98. The lowest BCUT2D eigenvalue weighted by Gasteiger charge is -2.10. The third kappa shape index (κ3) is 3.18. The summed E-state index contributed by atoms with van der Waals surface area (Å²) in [5.74, 6) is 0.581. The molecule has 1 N–H and O–H groups in total. The fraction of sp³-hybridized carbons (Fsp3) is 0.471. The molecule has 22 heavy (non-hydrogen) atoms. The van der Waals surface area contributed by atoms with Crippen LogP contribution in [0.1, 0.15) is 31.2 Å². The Bertz CT molecular complexity index is 578. The average Bonchev–Trinajstić information content (AvgIpc) is 3.09. The number of allylic oxidation sites excluding steroid dienone is 2. The van der Waals surface area contributed by atoms with Gasteiger partial charge in [0.1, 0.15) is 0 Å². The van der Waals surface area contributed by atoms with Gasteiger partial charge in [0.25, 0.3) is 0 Å². The second-order valence-electron chi connectivity index (χ2n) is 6.05. The zero-order valence-corrected chi connectivity index (χ0v) is 12.1. The molecule has 2 nitrogen and oxygen atoms in total. The van der Waals surface area contributed by atoms with Crippen molar-refractivity contribution in [2.75, 3.05) is 5.32 Å². The minimum atomic E-state index is -4.39. The number of hydrogen-bond acceptors (Lipinski definition) is 1. The van der Waals surface area contributed by atoms with Crippen LogP contribution in [-0.2, 0) is 11.0 Å². The predicted octanol–water partition coefficient (Wildman–Crippen LogP) is 4.64. The summed E-state index contributed by atoms with van der Waals surface area (Å²) in [5, 5.41) is 2.65. The fourth-order valence-corrected chi connectivity index (χ4v) is 3.43. The average molecular weight is 309 g/mol. The molecule has 2 atom stereocenters. The SMILES string of the molecule is O=C(Nc1cccc(C(F)(F)F)c1)C1C2CCC=CCCC21. The van der Waals surface area contributed by atoms with Crippen LogP contribution in [0.15, 0.2) is 36.4 Å². The Labute approximate surface area is 127 Å². The number of nitrogens with one attached hydrogen (secondary N) is 1. The number of hydrogen-bond donors (Lipinski definition) is 1. The van der Waals surface area contributed by atoms with Gasteiger partial charge in [-0.05, 0) is 55.7 Å². The number of benzene rings is 1. The van der Waals surface area contributed by atoms with Crippen LogP contribution in [0.25, 0.3) is 0 Å². The van der Waals surface area contributed by atoms with Gasteiger partial charge in [-0.1, -0.05) is 18.2 Å². The van der Waals surface area contributed by atoms with E-state index in [1.165, 1.54) is 12.1 Å². The van der Waals surface area contributed by atoms with Crippen LogP contribution in [0, 0.1) is 17.8 Å². The van der Waals surface area contributed by atoms with Gasteiger partial charge in [-0.2, -0.15) is 13.2 Å². The molecular formula is C17H18F3NO. The van der Waals surface area contributed by atoms with Crippen LogP contribution in [0.2, 0.25) is 0 Å². The van der Waals surface area contributed by atoms with Crippen LogP contribution in [0.4, 0.5) is 18.9 Å². The number of halogens is 3. The first kappa shape index (κ1) is 15.1. The molecule has 0 spiro atoms. The molecule has 118 valence electrons. The number of amides is 1. The molecule has 1 amide bonds. The highest BCUT2D eigenvalue weighted by Crippen LogP contribution is 2.53. The van der Waals surface area contributed by atoms with E-state index in [1.54, 1.807) is 0 Å². The summed E-state index contributed by atoms with van der Waals surface area (Å²) < 4.78 is 38.1. The van der Waals surface area contributed by atoms with Gasteiger partial charge in [0.15, 0.2) is 0 Å². The number of carbonyl (C=O) groups excluding carboxylic acids is 1. The molecule has 2 unspecified atom stereocenters. The Morgan fingerprint density at radius 2 is 1.73 bits per heavy atom. The maximum absolute atomic E-state index is 12.7. The molecule has 1 aromatic rings. The van der Waals surface area contributed by atoms with Crippen molar-refractivity contribution in [1.82, 2.24) is 0 Å². The number of alkyl halides is 3. The van der Waals surface area contributed by atoms with E-state index in [9.17, 15) is 18.0 Å². The van der Waals surface area contributed by atoms with E-state index in [4.69, 9.17) is 0 Å². The molecule has 1 fully saturated rings. The van der Waals surface area contributed by atoms with Crippen molar-refractivity contribution in [3.63, 3.8) is 0 Å². The summed E-state index contributed by atoms with van der Waals surface area (Å²) in [6, 6.07) is 4.81. The predicted molar refractivity (Wildman–Crippen MR) is 78.2 cm³/mol. The zero-order valence-electron chi connectivity index (χ0n) is 12.1. The molecule has 0 bridgehead atoms. The van der Waals surface area contributed by atoms with E-state index in [0.717, 1.165) is 37.8 Å². The smallest absolute Gasteiger partial charge is 0.326 e.